The predicted octanol–water partition coefficient (Wildman–Crippen LogP) is 11.4. The molecule has 4 nitrogen and oxygen atoms in total. The SMILES string of the molecule is CC1(c2ccc(C3(c4ccccc4)c4ccccc4-c4cccc(-c5nc(-c6ccccc6)nc(-c6cccc(C#N)c6)n5)c43)cc2)C[C@H]2CC3C[C@@H](C1)C32. The van der Waals surface area contributed by atoms with Crippen LogP contribution in [0.4, 0.5) is 0 Å². The Balaban J connectivity index is 1.15. The summed E-state index contributed by atoms with van der Waals surface area (Å²) in [5.74, 6) is 5.58. The average molecular weight is 709 g/mol. The summed E-state index contributed by atoms with van der Waals surface area (Å²) in [7, 11) is 0. The van der Waals surface area contributed by atoms with Crippen LogP contribution in [0.3, 0.4) is 0 Å². The normalized spacial score (nSPS) is 25.4. The first-order valence-corrected chi connectivity index (χ1v) is 19.8. The van der Waals surface area contributed by atoms with Crippen molar-refractivity contribution in [1.82, 2.24) is 15.0 Å². The molecule has 0 aliphatic heterocycles. The van der Waals surface area contributed by atoms with Crippen molar-refractivity contribution in [2.24, 2.45) is 23.7 Å². The van der Waals surface area contributed by atoms with Gasteiger partial charge in [0.25, 0.3) is 0 Å². The summed E-state index contributed by atoms with van der Waals surface area (Å²) < 4.78 is 0. The Labute approximate surface area is 322 Å². The van der Waals surface area contributed by atoms with E-state index in [2.05, 4.69) is 110 Å². The second kappa shape index (κ2) is 12.2. The summed E-state index contributed by atoms with van der Waals surface area (Å²) in [6.07, 6.45) is 5.51. The van der Waals surface area contributed by atoms with Crippen LogP contribution >= 0.6 is 0 Å². The number of nitriles is 1. The van der Waals surface area contributed by atoms with E-state index in [1.54, 1.807) is 0 Å². The molecule has 0 amide bonds. The minimum atomic E-state index is -0.629. The van der Waals surface area contributed by atoms with E-state index in [4.69, 9.17) is 15.0 Å². The van der Waals surface area contributed by atoms with Crippen molar-refractivity contribution in [1.29, 1.82) is 5.26 Å². The van der Waals surface area contributed by atoms with Crippen molar-refractivity contribution in [3.8, 4) is 51.4 Å². The van der Waals surface area contributed by atoms with Crippen molar-refractivity contribution in [2.75, 3.05) is 0 Å². The fraction of sp³-hybridized carbons (Fsp3) is 0.216. The smallest absolute Gasteiger partial charge is 0.164 e. The maximum atomic E-state index is 9.78. The molecule has 55 heavy (non-hydrogen) atoms. The fourth-order valence-corrected chi connectivity index (χ4v) is 11.4. The summed E-state index contributed by atoms with van der Waals surface area (Å²) in [5, 5.41) is 9.78. The summed E-state index contributed by atoms with van der Waals surface area (Å²) >= 11 is 0. The molecular formula is C51H40N4. The van der Waals surface area contributed by atoms with E-state index in [1.807, 2.05) is 54.6 Å². The molecule has 1 aromatic heterocycles. The van der Waals surface area contributed by atoms with Crippen LogP contribution in [0, 0.1) is 35.0 Å². The van der Waals surface area contributed by atoms with Gasteiger partial charge in [-0.15, -0.1) is 0 Å². The van der Waals surface area contributed by atoms with Crippen LogP contribution in [0.2, 0.25) is 0 Å². The topological polar surface area (TPSA) is 62.5 Å². The highest BCUT2D eigenvalue weighted by Gasteiger charge is 2.59. The van der Waals surface area contributed by atoms with E-state index in [9.17, 15) is 5.26 Å². The second-order valence-corrected chi connectivity index (χ2v) is 16.6. The summed E-state index contributed by atoms with van der Waals surface area (Å²) in [5.41, 5.74) is 11.6. The van der Waals surface area contributed by atoms with E-state index in [-0.39, 0.29) is 5.41 Å². The summed E-state index contributed by atoms with van der Waals surface area (Å²) in [6, 6.07) is 56.2. The van der Waals surface area contributed by atoms with Gasteiger partial charge in [0.15, 0.2) is 17.5 Å². The quantitative estimate of drug-likeness (QED) is 0.172. The lowest BCUT2D eigenvalue weighted by Crippen LogP contribution is -2.58. The first kappa shape index (κ1) is 32.3. The molecule has 264 valence electrons. The molecule has 6 atom stereocenters. The number of fused-ring (bicyclic) bond motifs is 3. The standard InChI is InChI=1S/C51H40N4/c1-50(29-36-27-35-28-37(30-50)45(35)36)38-22-24-40(25-23-38)51(39-16-6-3-7-17-39)44-21-9-8-18-41(44)42-19-11-20-43(46(42)51)49-54-47(33-13-4-2-5-14-33)53-48(55-49)34-15-10-12-32(26-34)31-52/h2-26,35-37,45H,27-30H2,1H3/t35?,36-,37+,45?,50?,51?. The van der Waals surface area contributed by atoms with Crippen LogP contribution in [-0.4, -0.2) is 15.0 Å². The van der Waals surface area contributed by atoms with Gasteiger partial charge in [-0.25, -0.2) is 15.0 Å². The molecule has 4 aliphatic carbocycles. The molecule has 4 aliphatic rings. The minimum absolute atomic E-state index is 0.213. The van der Waals surface area contributed by atoms with Crippen molar-refractivity contribution in [3.05, 3.63) is 185 Å². The van der Waals surface area contributed by atoms with Crippen LogP contribution in [0.25, 0.3) is 45.3 Å². The zero-order valence-corrected chi connectivity index (χ0v) is 30.9. The Morgan fingerprint density at radius 1 is 0.527 bits per heavy atom. The highest BCUT2D eigenvalue weighted by atomic mass is 15.0. The molecule has 0 N–H and O–H groups in total. The van der Waals surface area contributed by atoms with Crippen LogP contribution < -0.4 is 0 Å². The predicted molar refractivity (Wildman–Crippen MR) is 218 cm³/mol. The molecule has 4 unspecified atom stereocenters. The van der Waals surface area contributed by atoms with Crippen LogP contribution in [-0.2, 0) is 10.8 Å². The molecule has 11 rings (SSSR count). The Kier molecular flexibility index (Phi) is 7.14. The van der Waals surface area contributed by atoms with Gasteiger partial charge < -0.3 is 0 Å². The maximum absolute atomic E-state index is 9.78. The fourth-order valence-electron chi connectivity index (χ4n) is 11.4. The van der Waals surface area contributed by atoms with Gasteiger partial charge in [0.05, 0.1) is 17.0 Å². The molecule has 1 heterocycles. The third kappa shape index (κ3) is 4.79. The molecule has 7 aromatic rings. The van der Waals surface area contributed by atoms with Crippen molar-refractivity contribution in [2.45, 2.75) is 43.4 Å². The van der Waals surface area contributed by atoms with E-state index in [0.29, 0.717) is 23.0 Å². The van der Waals surface area contributed by atoms with Gasteiger partial charge in [-0.2, -0.15) is 5.26 Å². The van der Waals surface area contributed by atoms with Gasteiger partial charge in [0.1, 0.15) is 0 Å². The zero-order chi connectivity index (χ0) is 36.7. The Morgan fingerprint density at radius 2 is 1.09 bits per heavy atom. The minimum Gasteiger partial charge on any atom is -0.208 e. The van der Waals surface area contributed by atoms with E-state index in [0.717, 1.165) is 40.4 Å². The summed E-state index contributed by atoms with van der Waals surface area (Å²) in [4.78, 5) is 15.5. The first-order valence-electron chi connectivity index (χ1n) is 19.8. The third-order valence-corrected chi connectivity index (χ3v) is 13.7. The molecule has 4 heteroatoms. The number of aromatic nitrogens is 3. The Bertz CT molecular complexity index is 2640. The molecule has 6 aromatic carbocycles. The van der Waals surface area contributed by atoms with Crippen LogP contribution in [0.5, 0.6) is 0 Å². The first-order chi connectivity index (χ1) is 27.0. The number of benzene rings is 6. The van der Waals surface area contributed by atoms with Crippen molar-refractivity contribution < 1.29 is 0 Å². The molecule has 0 bridgehead atoms. The lowest BCUT2D eigenvalue weighted by Gasteiger charge is -2.65. The largest absolute Gasteiger partial charge is 0.208 e. The Morgan fingerprint density at radius 3 is 1.82 bits per heavy atom. The molecule has 0 radical (unpaired) electrons. The monoisotopic (exact) mass is 708 g/mol. The van der Waals surface area contributed by atoms with Gasteiger partial charge in [0, 0.05) is 16.7 Å². The lowest BCUT2D eigenvalue weighted by atomic mass is 9.39. The molecule has 3 fully saturated rings. The third-order valence-electron chi connectivity index (χ3n) is 13.7. The number of rotatable bonds is 6. The van der Waals surface area contributed by atoms with E-state index < -0.39 is 5.41 Å². The zero-order valence-electron chi connectivity index (χ0n) is 30.9. The molecular weight excluding hydrogens is 669 g/mol. The molecule has 0 spiro atoms. The average Bonchev–Trinajstić information content (AvgIpc) is 3.54. The highest BCUT2D eigenvalue weighted by Crippen LogP contribution is 2.67. The van der Waals surface area contributed by atoms with Gasteiger partial charge in [-0.05, 0) is 106 Å². The number of hydrogen-bond acceptors (Lipinski definition) is 4. The van der Waals surface area contributed by atoms with Gasteiger partial charge in [0.2, 0.25) is 0 Å². The Hall–Kier alpha value is -6.18. The van der Waals surface area contributed by atoms with Gasteiger partial charge in [-0.1, -0.05) is 146 Å². The maximum Gasteiger partial charge on any atom is 0.164 e. The second-order valence-electron chi connectivity index (χ2n) is 16.6. The van der Waals surface area contributed by atoms with E-state index >= 15 is 0 Å². The number of hydrogen-bond donors (Lipinski definition) is 0. The van der Waals surface area contributed by atoms with Crippen LogP contribution in [0.15, 0.2) is 152 Å². The lowest BCUT2D eigenvalue weighted by molar-refractivity contribution is -0.141. The van der Waals surface area contributed by atoms with E-state index in [1.165, 1.54) is 64.6 Å². The molecule has 3 saturated carbocycles. The summed E-state index contributed by atoms with van der Waals surface area (Å²) in [6.45, 7) is 2.53. The molecule has 0 saturated heterocycles. The van der Waals surface area contributed by atoms with Gasteiger partial charge >= 0.3 is 0 Å². The van der Waals surface area contributed by atoms with Crippen molar-refractivity contribution >= 4 is 0 Å². The highest BCUT2D eigenvalue weighted by molar-refractivity contribution is 5.92. The van der Waals surface area contributed by atoms with Crippen LogP contribution in [0.1, 0.15) is 66.0 Å². The van der Waals surface area contributed by atoms with Gasteiger partial charge in [-0.3, -0.25) is 0 Å². The number of nitrogens with zero attached hydrogens (tertiary/aromatic N) is 4. The van der Waals surface area contributed by atoms with Crippen molar-refractivity contribution in [3.63, 3.8) is 0 Å².